The molecule has 1 rings (SSSR count). The predicted molar refractivity (Wildman–Crippen MR) is 69.0 cm³/mol. The van der Waals surface area contributed by atoms with Gasteiger partial charge >= 0.3 is 5.97 Å². The number of carbonyl (C=O) groups excluding carboxylic acids is 2. The van der Waals surface area contributed by atoms with E-state index in [-0.39, 0.29) is 11.8 Å². The molecule has 0 aliphatic carbocycles. The van der Waals surface area contributed by atoms with E-state index in [0.29, 0.717) is 31.4 Å². The van der Waals surface area contributed by atoms with E-state index in [1.807, 2.05) is 12.1 Å². The highest BCUT2D eigenvalue weighted by Crippen LogP contribution is 2.14. The van der Waals surface area contributed by atoms with Crippen molar-refractivity contribution in [2.45, 2.75) is 26.2 Å². The van der Waals surface area contributed by atoms with Crippen LogP contribution in [-0.2, 0) is 9.53 Å². The number of benzene rings is 1. The van der Waals surface area contributed by atoms with Gasteiger partial charge in [0, 0.05) is 22.9 Å². The molecular formula is C13H15BrO3. The van der Waals surface area contributed by atoms with E-state index >= 15 is 0 Å². The van der Waals surface area contributed by atoms with Gasteiger partial charge in [-0.05, 0) is 25.5 Å². The Morgan fingerprint density at radius 3 is 2.71 bits per heavy atom. The lowest BCUT2D eigenvalue weighted by Crippen LogP contribution is -2.05. The molecule has 0 fully saturated rings. The van der Waals surface area contributed by atoms with Crippen molar-refractivity contribution in [2.75, 3.05) is 6.61 Å². The molecule has 92 valence electrons. The van der Waals surface area contributed by atoms with Crippen molar-refractivity contribution < 1.29 is 14.3 Å². The van der Waals surface area contributed by atoms with E-state index in [9.17, 15) is 9.59 Å². The molecule has 0 aliphatic rings. The summed E-state index contributed by atoms with van der Waals surface area (Å²) in [5.41, 5.74) is 0.670. The first-order valence-electron chi connectivity index (χ1n) is 5.58. The van der Waals surface area contributed by atoms with Crippen LogP contribution in [0, 0.1) is 0 Å². The van der Waals surface area contributed by atoms with E-state index in [1.54, 1.807) is 19.1 Å². The average Bonchev–Trinajstić information content (AvgIpc) is 2.29. The molecule has 0 bridgehead atoms. The number of rotatable bonds is 6. The lowest BCUT2D eigenvalue weighted by Gasteiger charge is -2.02. The average molecular weight is 299 g/mol. The van der Waals surface area contributed by atoms with Crippen molar-refractivity contribution in [2.24, 2.45) is 0 Å². The molecule has 1 aromatic rings. The van der Waals surface area contributed by atoms with E-state index in [0.717, 1.165) is 4.47 Å². The van der Waals surface area contributed by atoms with Crippen LogP contribution < -0.4 is 0 Å². The smallest absolute Gasteiger partial charge is 0.305 e. The fourth-order valence-electron chi connectivity index (χ4n) is 1.43. The van der Waals surface area contributed by atoms with Crippen LogP contribution in [0.2, 0.25) is 0 Å². The standard InChI is InChI=1S/C13H15BrO3/c1-2-17-13(16)8-4-7-12(15)10-5-3-6-11(14)9-10/h3,5-6,9H,2,4,7-8H2,1H3. The molecule has 0 radical (unpaired) electrons. The number of halogens is 1. The third kappa shape index (κ3) is 5.13. The maximum absolute atomic E-state index is 11.8. The summed E-state index contributed by atoms with van der Waals surface area (Å²) in [7, 11) is 0. The summed E-state index contributed by atoms with van der Waals surface area (Å²) in [5, 5.41) is 0. The first-order chi connectivity index (χ1) is 8.13. The topological polar surface area (TPSA) is 43.4 Å². The first kappa shape index (κ1) is 13.9. The van der Waals surface area contributed by atoms with Crippen molar-refractivity contribution in [3.05, 3.63) is 34.3 Å². The van der Waals surface area contributed by atoms with Gasteiger partial charge in [-0.2, -0.15) is 0 Å². The molecule has 0 unspecified atom stereocenters. The molecule has 0 N–H and O–H groups in total. The number of ether oxygens (including phenoxy) is 1. The Balaban J connectivity index is 2.38. The van der Waals surface area contributed by atoms with Crippen molar-refractivity contribution >= 4 is 27.7 Å². The predicted octanol–water partition coefficient (Wildman–Crippen LogP) is 3.37. The van der Waals surface area contributed by atoms with Crippen LogP contribution in [0.25, 0.3) is 0 Å². The molecule has 0 saturated heterocycles. The van der Waals surface area contributed by atoms with Gasteiger partial charge in [-0.25, -0.2) is 0 Å². The lowest BCUT2D eigenvalue weighted by atomic mass is 10.1. The van der Waals surface area contributed by atoms with Gasteiger partial charge in [0.15, 0.2) is 5.78 Å². The summed E-state index contributed by atoms with van der Waals surface area (Å²) in [6.07, 6.45) is 1.20. The Kier molecular flexibility index (Phi) is 5.91. The van der Waals surface area contributed by atoms with Gasteiger partial charge in [0.05, 0.1) is 6.61 Å². The monoisotopic (exact) mass is 298 g/mol. The van der Waals surface area contributed by atoms with Crippen LogP contribution >= 0.6 is 15.9 Å². The molecule has 0 aliphatic heterocycles. The first-order valence-corrected chi connectivity index (χ1v) is 6.37. The zero-order valence-corrected chi connectivity index (χ0v) is 11.3. The van der Waals surface area contributed by atoms with E-state index in [1.165, 1.54) is 0 Å². The fourth-order valence-corrected chi connectivity index (χ4v) is 1.83. The van der Waals surface area contributed by atoms with Gasteiger partial charge in [-0.1, -0.05) is 28.1 Å². The molecule has 0 heterocycles. The Morgan fingerprint density at radius 2 is 2.06 bits per heavy atom. The SMILES string of the molecule is CCOC(=O)CCCC(=O)c1cccc(Br)c1. The van der Waals surface area contributed by atoms with Crippen molar-refractivity contribution in [1.82, 2.24) is 0 Å². The second kappa shape index (κ2) is 7.22. The molecule has 4 heteroatoms. The Hall–Kier alpha value is -1.16. The summed E-state index contributed by atoms with van der Waals surface area (Å²) in [6.45, 7) is 2.16. The number of carbonyl (C=O) groups is 2. The number of Topliss-reactive ketones (excluding diaryl/α,β-unsaturated/α-hetero) is 1. The molecule has 0 amide bonds. The second-order valence-electron chi connectivity index (χ2n) is 3.59. The summed E-state index contributed by atoms with van der Waals surface area (Å²) in [5.74, 6) is -0.190. The highest BCUT2D eigenvalue weighted by Gasteiger charge is 2.08. The highest BCUT2D eigenvalue weighted by molar-refractivity contribution is 9.10. The van der Waals surface area contributed by atoms with Crippen LogP contribution in [0.5, 0.6) is 0 Å². The van der Waals surface area contributed by atoms with E-state index in [4.69, 9.17) is 4.74 Å². The van der Waals surface area contributed by atoms with Crippen LogP contribution in [0.15, 0.2) is 28.7 Å². The minimum atomic E-state index is -0.241. The van der Waals surface area contributed by atoms with Gasteiger partial charge in [-0.15, -0.1) is 0 Å². The molecular weight excluding hydrogens is 284 g/mol. The second-order valence-corrected chi connectivity index (χ2v) is 4.51. The molecule has 17 heavy (non-hydrogen) atoms. The number of esters is 1. The third-order valence-electron chi connectivity index (χ3n) is 2.24. The molecule has 0 spiro atoms. The van der Waals surface area contributed by atoms with Crippen molar-refractivity contribution in [3.8, 4) is 0 Å². The van der Waals surface area contributed by atoms with Gasteiger partial charge in [0.1, 0.15) is 0 Å². The van der Waals surface area contributed by atoms with Crippen LogP contribution in [0.3, 0.4) is 0 Å². The Morgan fingerprint density at radius 1 is 1.29 bits per heavy atom. The molecule has 1 aromatic carbocycles. The molecule has 0 aromatic heterocycles. The molecule has 0 atom stereocenters. The van der Waals surface area contributed by atoms with Gasteiger partial charge < -0.3 is 4.74 Å². The molecule has 0 saturated carbocycles. The number of hydrogen-bond acceptors (Lipinski definition) is 3. The zero-order chi connectivity index (χ0) is 12.7. The minimum absolute atomic E-state index is 0.0515. The largest absolute Gasteiger partial charge is 0.466 e. The quantitative estimate of drug-likeness (QED) is 0.597. The van der Waals surface area contributed by atoms with E-state index < -0.39 is 0 Å². The third-order valence-corrected chi connectivity index (χ3v) is 2.73. The van der Waals surface area contributed by atoms with Crippen LogP contribution in [0.1, 0.15) is 36.5 Å². The fraction of sp³-hybridized carbons (Fsp3) is 0.385. The van der Waals surface area contributed by atoms with Crippen molar-refractivity contribution in [1.29, 1.82) is 0 Å². The van der Waals surface area contributed by atoms with Gasteiger partial charge in [0.2, 0.25) is 0 Å². The van der Waals surface area contributed by atoms with Gasteiger partial charge in [-0.3, -0.25) is 9.59 Å². The number of ketones is 1. The summed E-state index contributed by atoms with van der Waals surface area (Å²) in [6, 6.07) is 7.25. The maximum atomic E-state index is 11.8. The minimum Gasteiger partial charge on any atom is -0.466 e. The Bertz CT molecular complexity index is 401. The van der Waals surface area contributed by atoms with Crippen molar-refractivity contribution in [3.63, 3.8) is 0 Å². The normalized spacial score (nSPS) is 10.0. The maximum Gasteiger partial charge on any atom is 0.305 e. The Labute approximate surface area is 109 Å². The summed E-state index contributed by atoms with van der Waals surface area (Å²) in [4.78, 5) is 22.8. The van der Waals surface area contributed by atoms with E-state index in [2.05, 4.69) is 15.9 Å². The summed E-state index contributed by atoms with van der Waals surface area (Å²) < 4.78 is 5.67. The van der Waals surface area contributed by atoms with Crippen LogP contribution in [0.4, 0.5) is 0 Å². The zero-order valence-electron chi connectivity index (χ0n) is 9.74. The summed E-state index contributed by atoms with van der Waals surface area (Å²) >= 11 is 3.32. The molecule has 3 nitrogen and oxygen atoms in total. The van der Waals surface area contributed by atoms with Gasteiger partial charge in [0.25, 0.3) is 0 Å². The van der Waals surface area contributed by atoms with Crippen LogP contribution in [-0.4, -0.2) is 18.4 Å². The number of hydrogen-bond donors (Lipinski definition) is 0. The lowest BCUT2D eigenvalue weighted by molar-refractivity contribution is -0.143. The highest BCUT2D eigenvalue weighted by atomic mass is 79.9.